The van der Waals surface area contributed by atoms with Crippen molar-refractivity contribution in [2.24, 2.45) is 0 Å². The van der Waals surface area contributed by atoms with Gasteiger partial charge in [0.25, 0.3) is 0 Å². The molecule has 1 heterocycles. The van der Waals surface area contributed by atoms with Crippen molar-refractivity contribution in [1.29, 1.82) is 0 Å². The van der Waals surface area contributed by atoms with Crippen LogP contribution in [0.15, 0.2) is 0 Å². The molecule has 1 aromatic heterocycles. The number of rotatable bonds is 8. The van der Waals surface area contributed by atoms with Crippen molar-refractivity contribution in [1.82, 2.24) is 4.98 Å². The minimum atomic E-state index is -0.427. The number of Topliss-reactive ketones (excluding diaryl/α,β-unsaturated/α-hetero) is 1. The molecule has 0 unspecified atom stereocenters. The maximum Gasteiger partial charge on any atom is 0.340 e. The molecule has 0 radical (unpaired) electrons. The van der Waals surface area contributed by atoms with E-state index >= 15 is 0 Å². The molecule has 0 amide bonds. The second-order valence-corrected chi connectivity index (χ2v) is 6.50. The van der Waals surface area contributed by atoms with Gasteiger partial charge in [-0.25, -0.2) is 4.79 Å². The fraction of sp³-hybridized carbons (Fsp3) is 0.562. The average Bonchev–Trinajstić information content (AvgIpc) is 2.81. The first-order valence-corrected chi connectivity index (χ1v) is 8.47. The summed E-state index contributed by atoms with van der Waals surface area (Å²) in [5, 5.41) is -0.327. The Morgan fingerprint density at radius 1 is 1.26 bits per heavy atom. The summed E-state index contributed by atoms with van der Waals surface area (Å²) >= 11 is 1.38. The molecule has 1 rings (SSSR count). The van der Waals surface area contributed by atoms with Gasteiger partial charge in [0, 0.05) is 11.4 Å². The van der Waals surface area contributed by atoms with Crippen LogP contribution >= 0.6 is 11.8 Å². The Hall–Kier alpha value is -1.76. The molecule has 23 heavy (non-hydrogen) atoms. The van der Waals surface area contributed by atoms with Crippen LogP contribution < -0.4 is 0 Å². The summed E-state index contributed by atoms with van der Waals surface area (Å²) in [6.45, 7) is 7.27. The van der Waals surface area contributed by atoms with Crippen molar-refractivity contribution in [2.75, 3.05) is 19.5 Å². The zero-order chi connectivity index (χ0) is 17.6. The van der Waals surface area contributed by atoms with Gasteiger partial charge in [-0.15, -0.1) is 11.8 Å². The lowest BCUT2D eigenvalue weighted by Crippen LogP contribution is -2.17. The van der Waals surface area contributed by atoms with E-state index in [-0.39, 0.29) is 30.0 Å². The number of carbonyl (C=O) groups excluding carboxylic acids is 3. The monoisotopic (exact) mass is 341 g/mol. The summed E-state index contributed by atoms with van der Waals surface area (Å²) in [5.74, 6) is -0.322. The van der Waals surface area contributed by atoms with Crippen molar-refractivity contribution < 1.29 is 23.9 Å². The number of ether oxygens (including phenoxy) is 2. The topological polar surface area (TPSA) is 85.5 Å². The van der Waals surface area contributed by atoms with Gasteiger partial charge in [-0.05, 0) is 33.3 Å². The first kappa shape index (κ1) is 19.3. The molecular formula is C16H23NO5S. The second-order valence-electron chi connectivity index (χ2n) is 5.05. The van der Waals surface area contributed by atoms with Gasteiger partial charge >= 0.3 is 11.9 Å². The quantitative estimate of drug-likeness (QED) is 0.578. The molecule has 0 aliphatic rings. The molecule has 0 bridgehead atoms. The van der Waals surface area contributed by atoms with Crippen molar-refractivity contribution in [3.05, 3.63) is 22.5 Å². The maximum atomic E-state index is 12.5. The fourth-order valence-electron chi connectivity index (χ4n) is 2.21. The second kappa shape index (κ2) is 8.76. The van der Waals surface area contributed by atoms with Crippen LogP contribution in [0.25, 0.3) is 0 Å². The number of nitrogens with one attached hydrogen (secondary N) is 1. The largest absolute Gasteiger partial charge is 0.469 e. The number of thioether (sulfide) groups is 1. The molecule has 0 saturated heterocycles. The number of ketones is 1. The zero-order valence-electron chi connectivity index (χ0n) is 14.1. The molecule has 1 aromatic rings. The lowest BCUT2D eigenvalue weighted by atomic mass is 10.1. The van der Waals surface area contributed by atoms with Crippen LogP contribution in [0.1, 0.15) is 52.4 Å². The van der Waals surface area contributed by atoms with Crippen LogP contribution in [0.3, 0.4) is 0 Å². The first-order chi connectivity index (χ1) is 10.8. The Bertz CT molecular complexity index is 594. The number of H-pyrrole nitrogens is 1. The Kier molecular flexibility index (Phi) is 7.35. The van der Waals surface area contributed by atoms with Crippen LogP contribution in [0.5, 0.6) is 0 Å². The molecule has 0 aromatic carbocycles. The Balaban J connectivity index is 2.82. The highest BCUT2D eigenvalue weighted by Crippen LogP contribution is 2.24. The highest BCUT2D eigenvalue weighted by Gasteiger charge is 2.25. The van der Waals surface area contributed by atoms with Gasteiger partial charge in [0.2, 0.25) is 0 Å². The number of esters is 2. The number of aryl methyl sites for hydroxylation is 1. The lowest BCUT2D eigenvalue weighted by molar-refractivity contribution is -0.140. The number of methoxy groups -OCH3 is 1. The van der Waals surface area contributed by atoms with E-state index < -0.39 is 5.97 Å². The van der Waals surface area contributed by atoms with E-state index in [1.54, 1.807) is 27.7 Å². The minimum absolute atomic E-state index is 0.101. The summed E-state index contributed by atoms with van der Waals surface area (Å²) in [6.07, 6.45) is 0.260. The molecule has 0 spiro atoms. The minimum Gasteiger partial charge on any atom is -0.469 e. The Labute approximate surface area is 140 Å². The number of aromatic amines is 1. The molecule has 7 heteroatoms. The lowest BCUT2D eigenvalue weighted by Gasteiger charge is -2.09. The van der Waals surface area contributed by atoms with Crippen molar-refractivity contribution in [2.45, 2.75) is 39.4 Å². The predicted octanol–water partition coefficient (Wildman–Crippen LogP) is 2.68. The number of carbonyl (C=O) groups is 3. The Morgan fingerprint density at radius 3 is 2.48 bits per heavy atom. The third-order valence-electron chi connectivity index (χ3n) is 3.43. The molecule has 0 saturated carbocycles. The Morgan fingerprint density at radius 2 is 1.91 bits per heavy atom. The number of hydrogen-bond donors (Lipinski definition) is 1. The van der Waals surface area contributed by atoms with E-state index in [2.05, 4.69) is 9.72 Å². The average molecular weight is 341 g/mol. The van der Waals surface area contributed by atoms with Gasteiger partial charge in [-0.1, -0.05) is 0 Å². The predicted molar refractivity (Wildman–Crippen MR) is 89.1 cm³/mol. The van der Waals surface area contributed by atoms with Crippen LogP contribution in [0.4, 0.5) is 0 Å². The molecule has 1 N–H and O–H groups in total. The van der Waals surface area contributed by atoms with E-state index in [0.29, 0.717) is 28.3 Å². The summed E-state index contributed by atoms with van der Waals surface area (Å²) in [7, 11) is 1.34. The zero-order valence-corrected chi connectivity index (χ0v) is 15.0. The van der Waals surface area contributed by atoms with Gasteiger partial charge in [0.15, 0.2) is 5.78 Å². The molecule has 0 aliphatic carbocycles. The van der Waals surface area contributed by atoms with E-state index in [1.165, 1.54) is 18.9 Å². The van der Waals surface area contributed by atoms with Crippen molar-refractivity contribution in [3.8, 4) is 0 Å². The van der Waals surface area contributed by atoms with Crippen LogP contribution in [0, 0.1) is 13.8 Å². The van der Waals surface area contributed by atoms with Crippen LogP contribution in [0.2, 0.25) is 0 Å². The van der Waals surface area contributed by atoms with Crippen molar-refractivity contribution >= 4 is 29.5 Å². The van der Waals surface area contributed by atoms with Crippen LogP contribution in [-0.2, 0) is 14.3 Å². The SMILES string of the molecule is CCOC(=O)c1c(C)[nH]c(C(=O)[C@@H](C)SCCC(=O)OC)c1C. The highest BCUT2D eigenvalue weighted by atomic mass is 32.2. The van der Waals surface area contributed by atoms with E-state index in [1.807, 2.05) is 0 Å². The molecule has 1 atom stereocenters. The van der Waals surface area contributed by atoms with Gasteiger partial charge in [-0.3, -0.25) is 9.59 Å². The number of hydrogen-bond acceptors (Lipinski definition) is 6. The molecule has 128 valence electrons. The highest BCUT2D eigenvalue weighted by molar-refractivity contribution is 8.00. The van der Waals surface area contributed by atoms with E-state index in [0.717, 1.165) is 0 Å². The van der Waals surface area contributed by atoms with E-state index in [9.17, 15) is 14.4 Å². The molecule has 6 nitrogen and oxygen atoms in total. The van der Waals surface area contributed by atoms with Gasteiger partial charge in [-0.2, -0.15) is 0 Å². The maximum absolute atomic E-state index is 12.5. The summed E-state index contributed by atoms with van der Waals surface area (Å²) in [5.41, 5.74) is 2.06. The van der Waals surface area contributed by atoms with Gasteiger partial charge in [0.05, 0.1) is 36.6 Å². The fourth-order valence-corrected chi connectivity index (χ4v) is 3.11. The summed E-state index contributed by atoms with van der Waals surface area (Å²) < 4.78 is 9.59. The number of aromatic nitrogens is 1. The molecular weight excluding hydrogens is 318 g/mol. The molecule has 0 aliphatic heterocycles. The molecule has 0 fully saturated rings. The summed E-state index contributed by atoms with van der Waals surface area (Å²) in [4.78, 5) is 38.6. The standard InChI is InChI=1S/C16H23NO5S/c1-6-22-16(20)13-9(2)14(17-10(13)3)15(19)11(4)23-8-7-12(18)21-5/h11,17H,6-8H2,1-5H3/t11-/m1/s1. The first-order valence-electron chi connectivity index (χ1n) is 7.42. The third-order valence-corrected chi connectivity index (χ3v) is 4.59. The van der Waals surface area contributed by atoms with Gasteiger partial charge in [0.1, 0.15) is 0 Å². The van der Waals surface area contributed by atoms with Gasteiger partial charge < -0.3 is 14.5 Å². The van der Waals surface area contributed by atoms with E-state index in [4.69, 9.17) is 4.74 Å². The third kappa shape index (κ3) is 4.86. The smallest absolute Gasteiger partial charge is 0.340 e. The normalized spacial score (nSPS) is 11.9. The van der Waals surface area contributed by atoms with Crippen molar-refractivity contribution in [3.63, 3.8) is 0 Å². The summed E-state index contributed by atoms with van der Waals surface area (Å²) in [6, 6.07) is 0. The van der Waals surface area contributed by atoms with Crippen LogP contribution in [-0.4, -0.2) is 47.4 Å².